The number of amides is 1. The predicted octanol–water partition coefficient (Wildman–Crippen LogP) is 2.18. The molecule has 6 nitrogen and oxygen atoms in total. The van der Waals surface area contributed by atoms with Gasteiger partial charge >= 0.3 is 0 Å². The van der Waals surface area contributed by atoms with Crippen LogP contribution < -0.4 is 16.0 Å². The molecule has 2 rings (SSSR count). The standard InChI is InChI=1S/C19H29N5O/c1-19(2,3)24-17(25)13-23-18(20-4)21-11-7-8-14-12-22-16-10-6-5-9-15(14)16/h5-6,9-10,12,22H,7-8,11,13H2,1-4H3,(H,24,25)(H2,20,21,23). The molecule has 0 bridgehead atoms. The molecule has 0 spiro atoms. The van der Waals surface area contributed by atoms with Crippen LogP contribution in [0, 0.1) is 0 Å². The van der Waals surface area contributed by atoms with Gasteiger partial charge in [0, 0.05) is 36.2 Å². The first-order chi connectivity index (χ1) is 11.9. The zero-order chi connectivity index (χ0) is 18.3. The van der Waals surface area contributed by atoms with Crippen LogP contribution in [0.25, 0.3) is 10.9 Å². The van der Waals surface area contributed by atoms with Gasteiger partial charge in [0.15, 0.2) is 5.96 Å². The summed E-state index contributed by atoms with van der Waals surface area (Å²) in [5.74, 6) is 0.595. The molecule has 1 aromatic heterocycles. The Hall–Kier alpha value is -2.50. The molecule has 0 fully saturated rings. The molecule has 0 saturated carbocycles. The number of benzene rings is 1. The Morgan fingerprint density at radius 3 is 2.68 bits per heavy atom. The molecule has 0 saturated heterocycles. The number of nitrogens with one attached hydrogen (secondary N) is 4. The van der Waals surface area contributed by atoms with Gasteiger partial charge in [0.05, 0.1) is 6.54 Å². The number of H-pyrrole nitrogens is 1. The molecule has 25 heavy (non-hydrogen) atoms. The third-order valence-electron chi connectivity index (χ3n) is 3.74. The summed E-state index contributed by atoms with van der Waals surface area (Å²) >= 11 is 0. The average molecular weight is 343 g/mol. The van der Waals surface area contributed by atoms with Crippen molar-refractivity contribution in [1.29, 1.82) is 0 Å². The summed E-state index contributed by atoms with van der Waals surface area (Å²) in [6, 6.07) is 8.33. The third kappa shape index (κ3) is 6.14. The number of fused-ring (bicyclic) bond motifs is 1. The van der Waals surface area contributed by atoms with Gasteiger partial charge in [-0.3, -0.25) is 9.79 Å². The van der Waals surface area contributed by atoms with Crippen molar-refractivity contribution in [2.75, 3.05) is 20.1 Å². The monoisotopic (exact) mass is 343 g/mol. The first kappa shape index (κ1) is 18.8. The number of carbonyl (C=O) groups is 1. The minimum Gasteiger partial charge on any atom is -0.361 e. The molecule has 1 heterocycles. The Morgan fingerprint density at radius 2 is 1.96 bits per heavy atom. The topological polar surface area (TPSA) is 81.3 Å². The summed E-state index contributed by atoms with van der Waals surface area (Å²) in [5.41, 5.74) is 2.27. The number of rotatable bonds is 6. The van der Waals surface area contributed by atoms with Gasteiger partial charge in [0.2, 0.25) is 5.91 Å². The second-order valence-electron chi connectivity index (χ2n) is 7.11. The second kappa shape index (κ2) is 8.55. The van der Waals surface area contributed by atoms with Crippen molar-refractivity contribution in [3.8, 4) is 0 Å². The van der Waals surface area contributed by atoms with E-state index in [1.807, 2.05) is 26.8 Å². The molecule has 6 heteroatoms. The van der Waals surface area contributed by atoms with Crippen LogP contribution in [-0.2, 0) is 11.2 Å². The van der Waals surface area contributed by atoms with E-state index in [4.69, 9.17) is 0 Å². The zero-order valence-electron chi connectivity index (χ0n) is 15.6. The van der Waals surface area contributed by atoms with Gasteiger partial charge in [-0.05, 0) is 45.2 Å². The van der Waals surface area contributed by atoms with E-state index in [0.29, 0.717) is 5.96 Å². The molecule has 0 aliphatic rings. The SMILES string of the molecule is CN=C(NCCCc1c[nH]c2ccccc12)NCC(=O)NC(C)(C)C. The summed E-state index contributed by atoms with van der Waals surface area (Å²) in [4.78, 5) is 19.3. The Bertz CT molecular complexity index is 727. The van der Waals surface area contributed by atoms with Crippen molar-refractivity contribution in [2.45, 2.75) is 39.2 Å². The van der Waals surface area contributed by atoms with Crippen LogP contribution in [0.5, 0.6) is 0 Å². The van der Waals surface area contributed by atoms with Crippen LogP contribution in [0.15, 0.2) is 35.5 Å². The maximum atomic E-state index is 11.8. The molecule has 1 aromatic carbocycles. The van der Waals surface area contributed by atoms with Crippen molar-refractivity contribution < 1.29 is 4.79 Å². The van der Waals surface area contributed by atoms with Crippen LogP contribution in [0.4, 0.5) is 0 Å². The molecule has 1 amide bonds. The molecular weight excluding hydrogens is 314 g/mol. The van der Waals surface area contributed by atoms with Gasteiger partial charge in [0.25, 0.3) is 0 Å². The van der Waals surface area contributed by atoms with E-state index in [1.165, 1.54) is 16.5 Å². The van der Waals surface area contributed by atoms with Gasteiger partial charge in [-0.1, -0.05) is 18.2 Å². The minimum absolute atomic E-state index is 0.0470. The average Bonchev–Trinajstić information content (AvgIpc) is 2.96. The van der Waals surface area contributed by atoms with Crippen molar-refractivity contribution in [3.05, 3.63) is 36.0 Å². The number of aliphatic imine (C=N–C) groups is 1. The highest BCUT2D eigenvalue weighted by molar-refractivity contribution is 5.86. The number of aromatic amines is 1. The van der Waals surface area contributed by atoms with Crippen molar-refractivity contribution in [1.82, 2.24) is 20.9 Å². The lowest BCUT2D eigenvalue weighted by atomic mass is 10.1. The number of aromatic nitrogens is 1. The van der Waals surface area contributed by atoms with Crippen LogP contribution in [0.3, 0.4) is 0 Å². The molecule has 0 unspecified atom stereocenters. The maximum absolute atomic E-state index is 11.8. The van der Waals surface area contributed by atoms with E-state index in [0.717, 1.165) is 19.4 Å². The molecule has 136 valence electrons. The lowest BCUT2D eigenvalue weighted by molar-refractivity contribution is -0.121. The Labute approximate surface area is 149 Å². The number of nitrogens with zero attached hydrogens (tertiary/aromatic N) is 1. The van der Waals surface area contributed by atoms with Gasteiger partial charge < -0.3 is 20.9 Å². The summed E-state index contributed by atoms with van der Waals surface area (Å²) in [6.07, 6.45) is 4.05. The second-order valence-corrected chi connectivity index (χ2v) is 7.11. The summed E-state index contributed by atoms with van der Waals surface area (Å²) in [6.45, 7) is 6.88. The first-order valence-corrected chi connectivity index (χ1v) is 8.69. The Morgan fingerprint density at radius 1 is 1.20 bits per heavy atom. The maximum Gasteiger partial charge on any atom is 0.239 e. The lowest BCUT2D eigenvalue weighted by Gasteiger charge is -2.21. The number of hydrogen-bond donors (Lipinski definition) is 4. The molecule has 2 aromatic rings. The predicted molar refractivity (Wildman–Crippen MR) is 104 cm³/mol. The van der Waals surface area contributed by atoms with E-state index in [-0.39, 0.29) is 18.0 Å². The highest BCUT2D eigenvalue weighted by atomic mass is 16.2. The van der Waals surface area contributed by atoms with E-state index >= 15 is 0 Å². The Kier molecular flexibility index (Phi) is 6.44. The number of guanidine groups is 1. The van der Waals surface area contributed by atoms with Gasteiger partial charge in [-0.2, -0.15) is 0 Å². The molecule has 0 aliphatic heterocycles. The summed E-state index contributed by atoms with van der Waals surface area (Å²) < 4.78 is 0. The number of para-hydroxylation sites is 1. The highest BCUT2D eigenvalue weighted by Gasteiger charge is 2.13. The Balaban J connectivity index is 1.72. The largest absolute Gasteiger partial charge is 0.361 e. The van der Waals surface area contributed by atoms with Crippen molar-refractivity contribution in [3.63, 3.8) is 0 Å². The van der Waals surface area contributed by atoms with Gasteiger partial charge in [-0.15, -0.1) is 0 Å². The fourth-order valence-corrected chi connectivity index (χ4v) is 2.67. The molecule has 0 aliphatic carbocycles. The van der Waals surface area contributed by atoms with Gasteiger partial charge in [-0.25, -0.2) is 0 Å². The minimum atomic E-state index is -0.227. The van der Waals surface area contributed by atoms with Crippen LogP contribution in [0.1, 0.15) is 32.8 Å². The number of aryl methyl sites for hydroxylation is 1. The third-order valence-corrected chi connectivity index (χ3v) is 3.74. The summed E-state index contributed by atoms with van der Waals surface area (Å²) in [7, 11) is 1.71. The van der Waals surface area contributed by atoms with E-state index < -0.39 is 0 Å². The smallest absolute Gasteiger partial charge is 0.239 e. The van der Waals surface area contributed by atoms with Crippen molar-refractivity contribution in [2.24, 2.45) is 4.99 Å². The van der Waals surface area contributed by atoms with Crippen LogP contribution in [-0.4, -0.2) is 42.5 Å². The van der Waals surface area contributed by atoms with Crippen LogP contribution >= 0.6 is 0 Å². The molecule has 4 N–H and O–H groups in total. The first-order valence-electron chi connectivity index (χ1n) is 8.69. The normalized spacial score (nSPS) is 12.2. The van der Waals surface area contributed by atoms with Crippen LogP contribution in [0.2, 0.25) is 0 Å². The number of carbonyl (C=O) groups excluding carboxylic acids is 1. The van der Waals surface area contributed by atoms with E-state index in [1.54, 1.807) is 7.05 Å². The van der Waals surface area contributed by atoms with Gasteiger partial charge in [0.1, 0.15) is 0 Å². The lowest BCUT2D eigenvalue weighted by Crippen LogP contribution is -2.48. The summed E-state index contributed by atoms with van der Waals surface area (Å²) in [5, 5.41) is 10.5. The van der Waals surface area contributed by atoms with E-state index in [9.17, 15) is 4.79 Å². The zero-order valence-corrected chi connectivity index (χ0v) is 15.6. The van der Waals surface area contributed by atoms with E-state index in [2.05, 4.69) is 50.3 Å². The molecule has 0 atom stereocenters. The van der Waals surface area contributed by atoms with Crippen molar-refractivity contribution >= 4 is 22.8 Å². The molecule has 0 radical (unpaired) electrons. The fraction of sp³-hybridized carbons (Fsp3) is 0.474. The quantitative estimate of drug-likeness (QED) is 0.369. The fourth-order valence-electron chi connectivity index (χ4n) is 2.67. The molecular formula is C19H29N5O. The number of hydrogen-bond acceptors (Lipinski definition) is 2. The highest BCUT2D eigenvalue weighted by Crippen LogP contribution is 2.18.